The second-order valence-corrected chi connectivity index (χ2v) is 7.45. The molecule has 0 spiro atoms. The number of hydrogen-bond donors (Lipinski definition) is 0. The molecule has 0 saturated heterocycles. The van der Waals surface area contributed by atoms with Gasteiger partial charge >= 0.3 is 5.97 Å². The summed E-state index contributed by atoms with van der Waals surface area (Å²) in [5.74, 6) is 1.98. The summed E-state index contributed by atoms with van der Waals surface area (Å²) >= 11 is 0. The molecule has 6 rings (SSSR count). The molecule has 0 fully saturated rings. The molecule has 0 aliphatic carbocycles. The van der Waals surface area contributed by atoms with Crippen molar-refractivity contribution in [3.05, 3.63) is 76.6 Å². The Morgan fingerprint density at radius 2 is 1.55 bits per heavy atom. The van der Waals surface area contributed by atoms with Gasteiger partial charge in [-0.2, -0.15) is 0 Å². The van der Waals surface area contributed by atoms with Gasteiger partial charge in [-0.25, -0.2) is 4.79 Å². The van der Waals surface area contributed by atoms with Gasteiger partial charge in [-0.05, 0) is 48.0 Å². The maximum Gasteiger partial charge on any atom is 0.343 e. The summed E-state index contributed by atoms with van der Waals surface area (Å²) in [6.07, 6.45) is 1.39. The number of hydrogen-bond acceptors (Lipinski definition) is 8. The zero-order valence-electron chi connectivity index (χ0n) is 17.2. The standard InChI is InChI=1S/C25H16O8/c26-24-17-4-3-16(33-25(27)15-2-6-20-23(10-15)32-13-31-20)11-21(17)30-12-18(24)14-1-5-19-22(9-14)29-8-7-28-19/h1-6,9-12H,7-8,13H2. The fourth-order valence-corrected chi connectivity index (χ4v) is 3.77. The lowest BCUT2D eigenvalue weighted by Crippen LogP contribution is -2.15. The third-order valence-electron chi connectivity index (χ3n) is 5.42. The van der Waals surface area contributed by atoms with Crippen LogP contribution in [0, 0.1) is 0 Å². The van der Waals surface area contributed by atoms with Crippen LogP contribution in [0.25, 0.3) is 22.1 Å². The van der Waals surface area contributed by atoms with Crippen LogP contribution in [0.1, 0.15) is 10.4 Å². The quantitative estimate of drug-likeness (QED) is 0.343. The van der Waals surface area contributed by atoms with E-state index in [9.17, 15) is 9.59 Å². The van der Waals surface area contributed by atoms with Gasteiger partial charge in [-0.15, -0.1) is 0 Å². The molecule has 0 saturated carbocycles. The number of fused-ring (bicyclic) bond motifs is 3. The van der Waals surface area contributed by atoms with E-state index in [1.165, 1.54) is 12.3 Å². The lowest BCUT2D eigenvalue weighted by Gasteiger charge is -2.18. The first-order chi connectivity index (χ1) is 16.2. The van der Waals surface area contributed by atoms with E-state index in [1.54, 1.807) is 48.5 Å². The zero-order chi connectivity index (χ0) is 22.4. The topological polar surface area (TPSA) is 93.4 Å². The molecule has 33 heavy (non-hydrogen) atoms. The van der Waals surface area contributed by atoms with Gasteiger partial charge in [0.05, 0.1) is 16.5 Å². The highest BCUT2D eigenvalue weighted by molar-refractivity contribution is 5.92. The first-order valence-corrected chi connectivity index (χ1v) is 10.2. The smallest absolute Gasteiger partial charge is 0.343 e. The van der Waals surface area contributed by atoms with Gasteiger partial charge in [0, 0.05) is 6.07 Å². The van der Waals surface area contributed by atoms with Gasteiger partial charge in [0.15, 0.2) is 28.4 Å². The first-order valence-electron chi connectivity index (χ1n) is 10.2. The van der Waals surface area contributed by atoms with E-state index in [0.29, 0.717) is 63.9 Å². The van der Waals surface area contributed by atoms with Crippen LogP contribution in [0.5, 0.6) is 28.7 Å². The van der Waals surface area contributed by atoms with Crippen molar-refractivity contribution >= 4 is 16.9 Å². The molecule has 8 nitrogen and oxygen atoms in total. The highest BCUT2D eigenvalue weighted by atomic mass is 16.7. The van der Waals surface area contributed by atoms with Crippen molar-refractivity contribution in [3.63, 3.8) is 0 Å². The highest BCUT2D eigenvalue weighted by Crippen LogP contribution is 2.35. The van der Waals surface area contributed by atoms with Gasteiger partial charge in [-0.3, -0.25) is 4.79 Å². The number of esters is 1. The van der Waals surface area contributed by atoms with Crippen LogP contribution in [-0.4, -0.2) is 26.0 Å². The average Bonchev–Trinajstić information content (AvgIpc) is 3.32. The Labute approximate surface area is 186 Å². The van der Waals surface area contributed by atoms with Crippen molar-refractivity contribution < 1.29 is 32.9 Å². The molecule has 0 amide bonds. The van der Waals surface area contributed by atoms with Gasteiger partial charge in [0.2, 0.25) is 6.79 Å². The minimum atomic E-state index is -0.567. The normalized spacial score (nSPS) is 13.7. The third kappa shape index (κ3) is 3.41. The fourth-order valence-electron chi connectivity index (χ4n) is 3.77. The first kappa shape index (κ1) is 19.2. The molecule has 2 aliphatic rings. The van der Waals surface area contributed by atoms with E-state index in [0.717, 1.165) is 0 Å². The molecule has 0 radical (unpaired) electrons. The molecule has 0 bridgehead atoms. The lowest BCUT2D eigenvalue weighted by molar-refractivity contribution is 0.0734. The number of carbonyl (C=O) groups excluding carboxylic acids is 1. The molecule has 1 aromatic heterocycles. The molecule has 0 atom stereocenters. The molecule has 3 aromatic carbocycles. The van der Waals surface area contributed by atoms with Crippen molar-refractivity contribution in [2.45, 2.75) is 0 Å². The Morgan fingerprint density at radius 1 is 0.788 bits per heavy atom. The van der Waals surface area contributed by atoms with E-state index in [2.05, 4.69) is 0 Å². The third-order valence-corrected chi connectivity index (χ3v) is 5.42. The van der Waals surface area contributed by atoms with Crippen LogP contribution >= 0.6 is 0 Å². The number of rotatable bonds is 3. The molecule has 164 valence electrons. The van der Waals surface area contributed by atoms with Crippen molar-refractivity contribution in [1.82, 2.24) is 0 Å². The molecular weight excluding hydrogens is 428 g/mol. The van der Waals surface area contributed by atoms with E-state index in [-0.39, 0.29) is 18.0 Å². The van der Waals surface area contributed by atoms with Gasteiger partial charge < -0.3 is 28.1 Å². The largest absolute Gasteiger partial charge is 0.486 e. The van der Waals surface area contributed by atoms with Crippen LogP contribution < -0.4 is 29.1 Å². The molecular formula is C25H16O8. The van der Waals surface area contributed by atoms with Crippen molar-refractivity contribution in [3.8, 4) is 39.9 Å². The molecule has 0 unspecified atom stereocenters. The van der Waals surface area contributed by atoms with Crippen LogP contribution in [-0.2, 0) is 0 Å². The summed E-state index contributed by atoms with van der Waals surface area (Å²) in [5, 5.41) is 0.366. The molecule has 8 heteroatoms. The summed E-state index contributed by atoms with van der Waals surface area (Å²) in [7, 11) is 0. The highest BCUT2D eigenvalue weighted by Gasteiger charge is 2.19. The number of ether oxygens (including phenoxy) is 5. The summed E-state index contributed by atoms with van der Waals surface area (Å²) in [6.45, 7) is 1.06. The predicted octanol–water partition coefficient (Wildman–Crippen LogP) is 4.18. The van der Waals surface area contributed by atoms with Crippen molar-refractivity contribution in [1.29, 1.82) is 0 Å². The Morgan fingerprint density at radius 3 is 2.45 bits per heavy atom. The fraction of sp³-hybridized carbons (Fsp3) is 0.120. The second kappa shape index (κ2) is 7.59. The molecule has 4 aromatic rings. The summed E-state index contributed by atoms with van der Waals surface area (Å²) in [6, 6.07) is 14.8. The van der Waals surface area contributed by atoms with E-state index in [1.807, 2.05) is 0 Å². The van der Waals surface area contributed by atoms with Crippen molar-refractivity contribution in [2.75, 3.05) is 20.0 Å². The van der Waals surface area contributed by atoms with Gasteiger partial charge in [0.1, 0.15) is 30.8 Å². The SMILES string of the molecule is O=C(Oc1ccc2c(=O)c(-c3ccc4c(c3)OCCO4)coc2c1)c1ccc2c(c1)OCO2. The van der Waals surface area contributed by atoms with Crippen LogP contribution in [0.2, 0.25) is 0 Å². The molecule has 2 aliphatic heterocycles. The van der Waals surface area contributed by atoms with Gasteiger partial charge in [-0.1, -0.05) is 6.07 Å². The maximum absolute atomic E-state index is 13.1. The van der Waals surface area contributed by atoms with E-state index in [4.69, 9.17) is 28.1 Å². The van der Waals surface area contributed by atoms with Crippen LogP contribution in [0.4, 0.5) is 0 Å². The van der Waals surface area contributed by atoms with E-state index >= 15 is 0 Å². The predicted molar refractivity (Wildman–Crippen MR) is 116 cm³/mol. The Hall–Kier alpha value is -4.46. The lowest BCUT2D eigenvalue weighted by atomic mass is 10.0. The number of benzene rings is 3. The maximum atomic E-state index is 13.1. The van der Waals surface area contributed by atoms with Crippen LogP contribution in [0.15, 0.2) is 70.1 Å². The Bertz CT molecular complexity index is 1470. The van der Waals surface area contributed by atoms with Crippen LogP contribution in [0.3, 0.4) is 0 Å². The second-order valence-electron chi connectivity index (χ2n) is 7.45. The zero-order valence-corrected chi connectivity index (χ0v) is 17.2. The average molecular weight is 444 g/mol. The summed E-state index contributed by atoms with van der Waals surface area (Å²) in [4.78, 5) is 25.6. The van der Waals surface area contributed by atoms with Gasteiger partial charge in [0.25, 0.3) is 0 Å². The van der Waals surface area contributed by atoms with Crippen molar-refractivity contribution in [2.24, 2.45) is 0 Å². The molecule has 0 N–H and O–H groups in total. The summed E-state index contributed by atoms with van der Waals surface area (Å²) in [5.41, 5.74) is 1.46. The number of carbonyl (C=O) groups is 1. The Balaban J connectivity index is 1.29. The monoisotopic (exact) mass is 444 g/mol. The summed E-state index contributed by atoms with van der Waals surface area (Å²) < 4.78 is 32.9. The van der Waals surface area contributed by atoms with E-state index < -0.39 is 5.97 Å². The molecule has 3 heterocycles. The minimum absolute atomic E-state index is 0.117. The minimum Gasteiger partial charge on any atom is -0.486 e. The Kier molecular flexibility index (Phi) is 4.43.